The highest BCUT2D eigenvalue weighted by atomic mass is 79.9. The summed E-state index contributed by atoms with van der Waals surface area (Å²) in [6.45, 7) is 0.336. The molecule has 0 radical (unpaired) electrons. The zero-order valence-electron chi connectivity index (χ0n) is 14.3. The first-order chi connectivity index (χ1) is 13.4. The molecule has 3 rings (SSSR count). The number of hydrazone groups is 1. The lowest BCUT2D eigenvalue weighted by Gasteiger charge is -2.01. The topological polar surface area (TPSA) is 102 Å². The van der Waals surface area contributed by atoms with Gasteiger partial charge in [-0.1, -0.05) is 24.3 Å². The van der Waals surface area contributed by atoms with Crippen LogP contribution in [-0.4, -0.2) is 26.8 Å². The van der Waals surface area contributed by atoms with Gasteiger partial charge in [0.15, 0.2) is 5.69 Å². The number of nitrogens with zero attached hydrogens (tertiary/aromatic N) is 4. The molecule has 0 fully saturated rings. The molecule has 10 heteroatoms. The van der Waals surface area contributed by atoms with Gasteiger partial charge in [0.2, 0.25) is 0 Å². The third-order valence-corrected chi connectivity index (χ3v) is 4.25. The summed E-state index contributed by atoms with van der Waals surface area (Å²) in [5.41, 5.74) is 3.92. The van der Waals surface area contributed by atoms with Crippen LogP contribution >= 0.6 is 15.9 Å². The number of amides is 1. The molecule has 1 N–H and O–H groups in total. The second-order valence-electron chi connectivity index (χ2n) is 5.70. The van der Waals surface area contributed by atoms with Crippen LogP contribution in [0.5, 0.6) is 0 Å². The highest BCUT2D eigenvalue weighted by Gasteiger charge is 2.15. The summed E-state index contributed by atoms with van der Waals surface area (Å²) < 4.78 is 14.9. The molecule has 0 bridgehead atoms. The van der Waals surface area contributed by atoms with Crippen molar-refractivity contribution < 1.29 is 14.1 Å². The molecule has 0 spiro atoms. The molecule has 0 unspecified atom stereocenters. The number of hydrogen-bond acceptors (Lipinski definition) is 5. The molecular formula is C18H13BrFN5O3. The normalized spacial score (nSPS) is 10.9. The Labute approximate surface area is 167 Å². The van der Waals surface area contributed by atoms with Crippen molar-refractivity contribution in [1.29, 1.82) is 0 Å². The summed E-state index contributed by atoms with van der Waals surface area (Å²) in [7, 11) is 0. The Morgan fingerprint density at radius 3 is 2.57 bits per heavy atom. The summed E-state index contributed by atoms with van der Waals surface area (Å²) in [6, 6.07) is 11.7. The van der Waals surface area contributed by atoms with E-state index < -0.39 is 10.8 Å². The number of non-ortho nitro benzene ring substituents is 1. The Morgan fingerprint density at radius 2 is 1.93 bits per heavy atom. The van der Waals surface area contributed by atoms with E-state index in [1.807, 2.05) is 0 Å². The van der Waals surface area contributed by atoms with Gasteiger partial charge in [-0.25, -0.2) is 9.82 Å². The number of nitrogens with one attached hydrogen (secondary N) is 1. The van der Waals surface area contributed by atoms with Crippen LogP contribution in [0.4, 0.5) is 10.1 Å². The largest absolute Gasteiger partial charge is 0.293 e. The van der Waals surface area contributed by atoms with Gasteiger partial charge in [-0.3, -0.25) is 19.6 Å². The van der Waals surface area contributed by atoms with Crippen LogP contribution in [-0.2, 0) is 6.54 Å². The first kappa shape index (κ1) is 19.4. The number of carbonyl (C=O) groups is 1. The van der Waals surface area contributed by atoms with Crippen molar-refractivity contribution in [2.45, 2.75) is 6.54 Å². The van der Waals surface area contributed by atoms with E-state index in [0.717, 1.165) is 5.56 Å². The lowest BCUT2D eigenvalue weighted by atomic mass is 10.2. The maximum absolute atomic E-state index is 12.9. The van der Waals surface area contributed by atoms with Gasteiger partial charge in [0.1, 0.15) is 5.82 Å². The zero-order chi connectivity index (χ0) is 20.1. The molecule has 1 heterocycles. The van der Waals surface area contributed by atoms with Crippen molar-refractivity contribution in [2.24, 2.45) is 5.10 Å². The van der Waals surface area contributed by atoms with E-state index in [1.54, 1.807) is 18.3 Å². The molecule has 1 aromatic heterocycles. The summed E-state index contributed by atoms with van der Waals surface area (Å²) in [5.74, 6) is -0.878. The van der Waals surface area contributed by atoms with E-state index in [9.17, 15) is 19.3 Å². The number of nitro groups is 1. The lowest BCUT2D eigenvalue weighted by Crippen LogP contribution is -2.19. The molecule has 0 aliphatic rings. The molecule has 0 saturated heterocycles. The Morgan fingerprint density at radius 1 is 1.25 bits per heavy atom. The maximum atomic E-state index is 12.9. The lowest BCUT2D eigenvalue weighted by molar-refractivity contribution is -0.384. The molecule has 2 aromatic carbocycles. The fourth-order valence-electron chi connectivity index (χ4n) is 2.31. The van der Waals surface area contributed by atoms with Gasteiger partial charge in [0, 0.05) is 18.3 Å². The van der Waals surface area contributed by atoms with E-state index >= 15 is 0 Å². The van der Waals surface area contributed by atoms with Gasteiger partial charge < -0.3 is 0 Å². The monoisotopic (exact) mass is 445 g/mol. The summed E-state index contributed by atoms with van der Waals surface area (Å²) in [6.07, 6.45) is 3.01. The van der Waals surface area contributed by atoms with E-state index in [4.69, 9.17) is 0 Å². The zero-order valence-corrected chi connectivity index (χ0v) is 15.8. The average Bonchev–Trinajstić information content (AvgIpc) is 3.04. The predicted molar refractivity (Wildman–Crippen MR) is 104 cm³/mol. The molecule has 0 aliphatic heterocycles. The van der Waals surface area contributed by atoms with Crippen LogP contribution < -0.4 is 5.43 Å². The molecule has 3 aromatic rings. The third kappa shape index (κ3) is 4.86. The van der Waals surface area contributed by atoms with Crippen LogP contribution in [0.25, 0.3) is 0 Å². The number of carbonyl (C=O) groups excluding carboxylic acids is 1. The van der Waals surface area contributed by atoms with Crippen LogP contribution in [0.15, 0.2) is 64.3 Å². The van der Waals surface area contributed by atoms with Crippen molar-refractivity contribution in [3.05, 3.63) is 92.0 Å². The van der Waals surface area contributed by atoms with Crippen LogP contribution in [0.3, 0.4) is 0 Å². The minimum atomic E-state index is -0.521. The molecule has 0 aliphatic carbocycles. The second-order valence-corrected chi connectivity index (χ2v) is 6.55. The van der Waals surface area contributed by atoms with Crippen molar-refractivity contribution >= 4 is 33.7 Å². The van der Waals surface area contributed by atoms with E-state index in [2.05, 4.69) is 31.6 Å². The minimum Gasteiger partial charge on any atom is -0.266 e. The fraction of sp³-hybridized carbons (Fsp3) is 0.0556. The summed E-state index contributed by atoms with van der Waals surface area (Å²) in [5, 5.41) is 18.7. The summed E-state index contributed by atoms with van der Waals surface area (Å²) in [4.78, 5) is 22.5. The number of halogens is 2. The van der Waals surface area contributed by atoms with Gasteiger partial charge >= 0.3 is 0 Å². The SMILES string of the molecule is O=C(NN=Cc1ccc(F)cc1)c1nn(Cc2ccc([N+](=O)[O-])cc2)cc1Br. The van der Waals surface area contributed by atoms with Crippen molar-refractivity contribution in [2.75, 3.05) is 0 Å². The van der Waals surface area contributed by atoms with Gasteiger partial charge in [0.05, 0.1) is 22.2 Å². The number of hydrogen-bond donors (Lipinski definition) is 1. The van der Waals surface area contributed by atoms with Gasteiger partial charge in [-0.05, 0) is 39.2 Å². The molecule has 0 saturated carbocycles. The van der Waals surface area contributed by atoms with Gasteiger partial charge in [-0.2, -0.15) is 10.2 Å². The first-order valence-corrected chi connectivity index (χ1v) is 8.77. The van der Waals surface area contributed by atoms with E-state index in [-0.39, 0.29) is 17.2 Å². The quantitative estimate of drug-likeness (QED) is 0.356. The Bertz CT molecular complexity index is 1030. The van der Waals surface area contributed by atoms with Crippen molar-refractivity contribution in [1.82, 2.24) is 15.2 Å². The smallest absolute Gasteiger partial charge is 0.266 e. The standard InChI is InChI=1S/C18H13BrFN5O3/c19-16-11-24(10-13-3-7-15(8-4-13)25(27)28)23-17(16)18(26)22-21-9-12-1-5-14(20)6-2-12/h1-9,11H,10H2,(H,22,26). The predicted octanol–water partition coefficient (Wildman–Crippen LogP) is 3.51. The Kier molecular flexibility index (Phi) is 5.90. The van der Waals surface area contributed by atoms with E-state index in [1.165, 1.54) is 47.3 Å². The summed E-state index contributed by atoms with van der Waals surface area (Å²) >= 11 is 3.28. The average molecular weight is 446 g/mol. The molecule has 1 amide bonds. The van der Waals surface area contributed by atoms with Crippen molar-refractivity contribution in [3.8, 4) is 0 Å². The number of nitro benzene ring substituents is 1. The fourth-order valence-corrected chi connectivity index (χ4v) is 2.81. The minimum absolute atomic E-state index is 0.00415. The molecular weight excluding hydrogens is 433 g/mol. The number of rotatable bonds is 6. The van der Waals surface area contributed by atoms with E-state index in [0.29, 0.717) is 16.6 Å². The van der Waals surface area contributed by atoms with Gasteiger partial charge in [-0.15, -0.1) is 0 Å². The van der Waals surface area contributed by atoms with Crippen LogP contribution in [0, 0.1) is 15.9 Å². The number of benzene rings is 2. The van der Waals surface area contributed by atoms with Crippen molar-refractivity contribution in [3.63, 3.8) is 0 Å². The Hall–Kier alpha value is -3.40. The maximum Gasteiger partial charge on any atom is 0.293 e. The third-order valence-electron chi connectivity index (χ3n) is 3.67. The van der Waals surface area contributed by atoms with Crippen LogP contribution in [0.1, 0.15) is 21.6 Å². The number of aromatic nitrogens is 2. The second kappa shape index (κ2) is 8.53. The van der Waals surface area contributed by atoms with Crippen LogP contribution in [0.2, 0.25) is 0 Å². The molecule has 28 heavy (non-hydrogen) atoms. The molecule has 142 valence electrons. The highest BCUT2D eigenvalue weighted by Crippen LogP contribution is 2.17. The highest BCUT2D eigenvalue weighted by molar-refractivity contribution is 9.10. The van der Waals surface area contributed by atoms with Gasteiger partial charge in [0.25, 0.3) is 11.6 Å². The Balaban J connectivity index is 1.64. The molecule has 0 atom stereocenters. The molecule has 8 nitrogen and oxygen atoms in total. The first-order valence-electron chi connectivity index (χ1n) is 7.97.